The number of methoxy groups -OCH3 is 1. The molecule has 1 aromatic carbocycles. The molecular weight excluding hydrogens is 232 g/mol. The lowest BCUT2D eigenvalue weighted by molar-refractivity contribution is 0.162. The van der Waals surface area contributed by atoms with Crippen molar-refractivity contribution in [2.75, 3.05) is 20.7 Å². The molecule has 0 unspecified atom stereocenters. The van der Waals surface area contributed by atoms with E-state index in [0.717, 1.165) is 5.56 Å². The van der Waals surface area contributed by atoms with Gasteiger partial charge in [0, 0.05) is 13.6 Å². The molecular formula is C13H16N2O3. The fourth-order valence-electron chi connectivity index (χ4n) is 1.34. The van der Waals surface area contributed by atoms with Crippen LogP contribution in [-0.2, 0) is 0 Å². The number of benzene rings is 1. The Hall–Kier alpha value is -2.22. The second-order valence-electron chi connectivity index (χ2n) is 3.85. The molecule has 18 heavy (non-hydrogen) atoms. The Morgan fingerprint density at radius 1 is 1.44 bits per heavy atom. The summed E-state index contributed by atoms with van der Waals surface area (Å²) in [5, 5.41) is 8.45. The number of carbonyl (C=O) groups excluding carboxylic acids is 1. The van der Waals surface area contributed by atoms with Gasteiger partial charge in [-0.05, 0) is 24.6 Å². The van der Waals surface area contributed by atoms with Crippen molar-refractivity contribution in [1.82, 2.24) is 4.90 Å². The van der Waals surface area contributed by atoms with E-state index in [4.69, 9.17) is 14.7 Å². The molecule has 5 heteroatoms. The van der Waals surface area contributed by atoms with E-state index in [9.17, 15) is 4.79 Å². The first-order valence-electron chi connectivity index (χ1n) is 5.53. The monoisotopic (exact) mass is 248 g/mol. The van der Waals surface area contributed by atoms with Crippen LogP contribution >= 0.6 is 0 Å². The topological polar surface area (TPSA) is 62.6 Å². The summed E-state index contributed by atoms with van der Waals surface area (Å²) in [4.78, 5) is 13.1. The average molecular weight is 248 g/mol. The molecule has 1 rings (SSSR count). The van der Waals surface area contributed by atoms with Crippen LogP contribution in [0.25, 0.3) is 0 Å². The van der Waals surface area contributed by atoms with Gasteiger partial charge in [-0.1, -0.05) is 6.07 Å². The van der Waals surface area contributed by atoms with E-state index in [-0.39, 0.29) is 6.42 Å². The summed E-state index contributed by atoms with van der Waals surface area (Å²) in [6.07, 6.45) is -0.233. The van der Waals surface area contributed by atoms with Crippen LogP contribution in [0.4, 0.5) is 4.79 Å². The molecule has 0 saturated carbocycles. The Morgan fingerprint density at radius 3 is 2.78 bits per heavy atom. The van der Waals surface area contributed by atoms with Crippen LogP contribution in [0.3, 0.4) is 0 Å². The second kappa shape index (κ2) is 6.50. The molecule has 0 N–H and O–H groups in total. The van der Waals surface area contributed by atoms with E-state index in [0.29, 0.717) is 18.0 Å². The molecule has 0 saturated heterocycles. The zero-order valence-corrected chi connectivity index (χ0v) is 10.8. The predicted molar refractivity (Wildman–Crippen MR) is 66.6 cm³/mol. The largest absolute Gasteiger partial charge is 0.493 e. The van der Waals surface area contributed by atoms with Gasteiger partial charge in [0.15, 0.2) is 11.5 Å². The van der Waals surface area contributed by atoms with E-state index in [1.165, 1.54) is 12.0 Å². The van der Waals surface area contributed by atoms with Crippen LogP contribution in [-0.4, -0.2) is 31.7 Å². The highest BCUT2D eigenvalue weighted by Crippen LogP contribution is 2.28. The van der Waals surface area contributed by atoms with Gasteiger partial charge in [0.05, 0.1) is 19.6 Å². The van der Waals surface area contributed by atoms with E-state index in [1.54, 1.807) is 19.2 Å². The molecule has 0 radical (unpaired) electrons. The van der Waals surface area contributed by atoms with Crippen molar-refractivity contribution >= 4 is 6.09 Å². The fraction of sp³-hybridized carbons (Fsp3) is 0.385. The summed E-state index contributed by atoms with van der Waals surface area (Å²) in [6, 6.07) is 7.28. The van der Waals surface area contributed by atoms with Gasteiger partial charge in [-0.25, -0.2) is 4.79 Å². The summed E-state index contributed by atoms with van der Waals surface area (Å²) in [7, 11) is 3.10. The Bertz CT molecular complexity index is 466. The van der Waals surface area contributed by atoms with Gasteiger partial charge in [0.25, 0.3) is 0 Å². The molecule has 0 aliphatic heterocycles. The minimum Gasteiger partial charge on any atom is -0.493 e. The third kappa shape index (κ3) is 3.67. The van der Waals surface area contributed by atoms with Gasteiger partial charge >= 0.3 is 6.09 Å². The number of carbonyl (C=O) groups is 1. The zero-order chi connectivity index (χ0) is 13.5. The van der Waals surface area contributed by atoms with E-state index < -0.39 is 6.09 Å². The average Bonchev–Trinajstić information content (AvgIpc) is 2.37. The lowest BCUT2D eigenvalue weighted by Crippen LogP contribution is -2.30. The quantitative estimate of drug-likeness (QED) is 0.820. The molecule has 0 heterocycles. The number of nitrogens with zero attached hydrogens (tertiary/aromatic N) is 2. The van der Waals surface area contributed by atoms with E-state index in [2.05, 4.69) is 0 Å². The van der Waals surface area contributed by atoms with Crippen LogP contribution in [0.5, 0.6) is 11.5 Å². The highest BCUT2D eigenvalue weighted by Gasteiger charge is 2.13. The number of nitriles is 1. The van der Waals surface area contributed by atoms with Crippen molar-refractivity contribution < 1.29 is 14.3 Å². The molecule has 5 nitrogen and oxygen atoms in total. The lowest BCUT2D eigenvalue weighted by Gasteiger charge is -2.16. The van der Waals surface area contributed by atoms with E-state index in [1.807, 2.05) is 19.1 Å². The maximum Gasteiger partial charge on any atom is 0.415 e. The maximum absolute atomic E-state index is 11.7. The normalized spacial score (nSPS) is 9.44. The van der Waals surface area contributed by atoms with Gasteiger partial charge in [0.2, 0.25) is 0 Å². The van der Waals surface area contributed by atoms with Crippen molar-refractivity contribution in [3.63, 3.8) is 0 Å². The number of ether oxygens (including phenoxy) is 2. The Labute approximate surface area is 107 Å². The van der Waals surface area contributed by atoms with Gasteiger partial charge in [-0.2, -0.15) is 5.26 Å². The summed E-state index contributed by atoms with van der Waals surface area (Å²) < 4.78 is 10.3. The molecule has 0 aromatic heterocycles. The molecule has 0 aliphatic rings. The molecule has 1 amide bonds. The van der Waals surface area contributed by atoms with Crippen molar-refractivity contribution in [3.05, 3.63) is 23.8 Å². The highest BCUT2D eigenvalue weighted by atomic mass is 16.6. The number of hydrogen-bond donors (Lipinski definition) is 0. The first kappa shape index (κ1) is 13.8. The Balaban J connectivity index is 2.73. The zero-order valence-electron chi connectivity index (χ0n) is 10.8. The molecule has 0 aliphatic carbocycles. The molecule has 1 aromatic rings. The summed E-state index contributed by atoms with van der Waals surface area (Å²) in [5.41, 5.74) is 1.02. The summed E-state index contributed by atoms with van der Waals surface area (Å²) in [5.74, 6) is 0.883. The number of rotatable bonds is 4. The smallest absolute Gasteiger partial charge is 0.415 e. The van der Waals surface area contributed by atoms with Gasteiger partial charge < -0.3 is 14.4 Å². The third-order valence-corrected chi connectivity index (χ3v) is 2.39. The summed E-state index contributed by atoms with van der Waals surface area (Å²) >= 11 is 0. The maximum atomic E-state index is 11.7. The minimum absolute atomic E-state index is 0.274. The lowest BCUT2D eigenvalue weighted by atomic mass is 10.2. The van der Waals surface area contributed by atoms with Crippen LogP contribution in [0.2, 0.25) is 0 Å². The Morgan fingerprint density at radius 2 is 2.17 bits per heavy atom. The van der Waals surface area contributed by atoms with Gasteiger partial charge in [0.1, 0.15) is 0 Å². The fourth-order valence-corrected chi connectivity index (χ4v) is 1.34. The molecule has 96 valence electrons. The first-order valence-corrected chi connectivity index (χ1v) is 5.53. The van der Waals surface area contributed by atoms with Gasteiger partial charge in [-0.3, -0.25) is 0 Å². The molecule has 0 bridgehead atoms. The highest BCUT2D eigenvalue weighted by molar-refractivity contribution is 5.71. The van der Waals surface area contributed by atoms with Crippen molar-refractivity contribution in [2.45, 2.75) is 13.3 Å². The van der Waals surface area contributed by atoms with Gasteiger partial charge in [-0.15, -0.1) is 0 Å². The molecule has 0 spiro atoms. The minimum atomic E-state index is -0.507. The standard InChI is InChI=1S/C13H16N2O3/c1-10-5-6-11(12(9-10)17-3)18-13(16)15(2)8-4-7-14/h5-6,9H,4,8H2,1-3H3. The second-order valence-corrected chi connectivity index (χ2v) is 3.85. The van der Waals surface area contributed by atoms with Crippen molar-refractivity contribution in [2.24, 2.45) is 0 Å². The molecule has 0 fully saturated rings. The van der Waals surface area contributed by atoms with E-state index >= 15 is 0 Å². The number of aryl methyl sites for hydroxylation is 1. The number of amides is 1. The van der Waals surface area contributed by atoms with Crippen LogP contribution in [0.1, 0.15) is 12.0 Å². The SMILES string of the molecule is COc1cc(C)ccc1OC(=O)N(C)CCC#N. The van der Waals surface area contributed by atoms with Crippen molar-refractivity contribution in [3.8, 4) is 17.6 Å². The summed E-state index contributed by atoms with van der Waals surface area (Å²) in [6.45, 7) is 2.26. The van der Waals surface area contributed by atoms with Crippen LogP contribution in [0, 0.1) is 18.3 Å². The molecule has 0 atom stereocenters. The van der Waals surface area contributed by atoms with Crippen molar-refractivity contribution in [1.29, 1.82) is 5.26 Å². The predicted octanol–water partition coefficient (Wildman–Crippen LogP) is 2.35. The van der Waals surface area contributed by atoms with Crippen LogP contribution in [0.15, 0.2) is 18.2 Å². The van der Waals surface area contributed by atoms with Crippen LogP contribution < -0.4 is 9.47 Å². The Kier molecular flexibility index (Phi) is 5.00. The third-order valence-electron chi connectivity index (χ3n) is 2.39. The number of hydrogen-bond acceptors (Lipinski definition) is 4. The first-order chi connectivity index (χ1) is 8.58.